The molecule has 0 saturated heterocycles. The fourth-order valence-corrected chi connectivity index (χ4v) is 2.20. The van der Waals surface area contributed by atoms with Crippen molar-refractivity contribution >= 4 is 15.9 Å². The topological polar surface area (TPSA) is 38.1 Å². The maximum Gasteiger partial charge on any atom is 0.142 e. The van der Waals surface area contributed by atoms with Gasteiger partial charge in [0.25, 0.3) is 0 Å². The van der Waals surface area contributed by atoms with Crippen LogP contribution >= 0.6 is 15.9 Å². The molecule has 84 valence electrons. The zero-order chi connectivity index (χ0) is 11.7. The summed E-state index contributed by atoms with van der Waals surface area (Å²) < 4.78 is 2.84. The monoisotopic (exact) mass is 280 g/mol. The van der Waals surface area contributed by atoms with Gasteiger partial charge in [0, 0.05) is 23.9 Å². The molecule has 2 rings (SSSR count). The predicted octanol–water partition coefficient (Wildman–Crippen LogP) is 2.57. The number of aromatic nitrogens is 2. The Kier molecular flexibility index (Phi) is 3.12. The van der Waals surface area contributed by atoms with Gasteiger partial charge in [-0.15, -0.1) is 0 Å². The third-order valence-corrected chi connectivity index (χ3v) is 3.12. The van der Waals surface area contributed by atoms with Gasteiger partial charge in [0.2, 0.25) is 0 Å². The number of nitrogens with zero attached hydrogens (tertiary/aromatic N) is 2. The van der Waals surface area contributed by atoms with E-state index in [4.69, 9.17) is 0 Å². The van der Waals surface area contributed by atoms with Crippen molar-refractivity contribution in [3.8, 4) is 0 Å². The van der Waals surface area contributed by atoms with Gasteiger partial charge in [-0.1, -0.05) is 22.0 Å². The molecule has 1 N–H and O–H groups in total. The molecule has 0 saturated carbocycles. The maximum absolute atomic E-state index is 10.2. The summed E-state index contributed by atoms with van der Waals surface area (Å²) in [7, 11) is 1.87. The molecule has 0 aliphatic rings. The fraction of sp³-hybridized carbons (Fsp3) is 0.250. The van der Waals surface area contributed by atoms with Crippen molar-refractivity contribution in [1.29, 1.82) is 0 Å². The molecule has 0 radical (unpaired) electrons. The molecule has 0 aliphatic carbocycles. The first kappa shape index (κ1) is 11.4. The Labute approximate surface area is 103 Å². The number of hydrogen-bond acceptors (Lipinski definition) is 2. The van der Waals surface area contributed by atoms with Crippen LogP contribution in [-0.4, -0.2) is 14.7 Å². The lowest BCUT2D eigenvalue weighted by molar-refractivity contribution is 0.205. The lowest BCUT2D eigenvalue weighted by Gasteiger charge is -2.13. The Morgan fingerprint density at radius 1 is 1.44 bits per heavy atom. The molecule has 0 bridgehead atoms. The summed E-state index contributed by atoms with van der Waals surface area (Å²) in [5.41, 5.74) is 1.93. The number of hydrogen-bond donors (Lipinski definition) is 1. The van der Waals surface area contributed by atoms with Crippen LogP contribution in [0.15, 0.2) is 35.1 Å². The minimum atomic E-state index is -0.673. The molecular formula is C12H13BrN2O. The van der Waals surface area contributed by atoms with Crippen LogP contribution in [0.2, 0.25) is 0 Å². The van der Waals surface area contributed by atoms with E-state index < -0.39 is 6.10 Å². The Hall–Kier alpha value is -1.13. The Bertz CT molecular complexity index is 507. The van der Waals surface area contributed by atoms with E-state index in [1.807, 2.05) is 42.9 Å². The largest absolute Gasteiger partial charge is 0.380 e. The van der Waals surface area contributed by atoms with E-state index in [2.05, 4.69) is 20.9 Å². The maximum atomic E-state index is 10.2. The van der Waals surface area contributed by atoms with E-state index in [1.165, 1.54) is 0 Å². The van der Waals surface area contributed by atoms with Gasteiger partial charge in [-0.25, -0.2) is 4.98 Å². The van der Waals surface area contributed by atoms with Crippen molar-refractivity contribution in [2.45, 2.75) is 13.0 Å². The molecule has 0 fully saturated rings. The first-order valence-corrected chi connectivity index (χ1v) is 5.80. The fourth-order valence-electron chi connectivity index (χ4n) is 1.73. The molecule has 0 spiro atoms. The summed E-state index contributed by atoms with van der Waals surface area (Å²) in [5.74, 6) is 0.658. The third kappa shape index (κ3) is 2.03. The van der Waals surface area contributed by atoms with Crippen molar-refractivity contribution < 1.29 is 5.11 Å². The number of imidazole rings is 1. The molecule has 1 aromatic carbocycles. The van der Waals surface area contributed by atoms with Crippen LogP contribution in [0.5, 0.6) is 0 Å². The molecule has 16 heavy (non-hydrogen) atoms. The highest BCUT2D eigenvalue weighted by Crippen LogP contribution is 2.25. The lowest BCUT2D eigenvalue weighted by Crippen LogP contribution is -2.08. The van der Waals surface area contributed by atoms with E-state index in [-0.39, 0.29) is 0 Å². The van der Waals surface area contributed by atoms with Gasteiger partial charge in [0.1, 0.15) is 11.9 Å². The minimum absolute atomic E-state index is 0.658. The van der Waals surface area contributed by atoms with Crippen LogP contribution in [-0.2, 0) is 7.05 Å². The molecule has 4 heteroatoms. The predicted molar refractivity (Wildman–Crippen MR) is 66.1 cm³/mol. The van der Waals surface area contributed by atoms with Crippen molar-refractivity contribution in [2.75, 3.05) is 0 Å². The van der Waals surface area contributed by atoms with Crippen LogP contribution < -0.4 is 0 Å². The molecule has 0 amide bonds. The molecule has 1 atom stereocenters. The molecule has 1 heterocycles. The van der Waals surface area contributed by atoms with Gasteiger partial charge in [0.15, 0.2) is 0 Å². The van der Waals surface area contributed by atoms with Gasteiger partial charge in [-0.2, -0.15) is 0 Å². The van der Waals surface area contributed by atoms with Gasteiger partial charge in [0.05, 0.1) is 0 Å². The summed E-state index contributed by atoms with van der Waals surface area (Å²) in [6, 6.07) is 5.83. The molecule has 1 unspecified atom stereocenters. The molecular weight excluding hydrogens is 268 g/mol. The van der Waals surface area contributed by atoms with Crippen LogP contribution in [0.3, 0.4) is 0 Å². The van der Waals surface area contributed by atoms with Gasteiger partial charge < -0.3 is 9.67 Å². The summed E-state index contributed by atoms with van der Waals surface area (Å²) in [4.78, 5) is 4.16. The second-order valence-corrected chi connectivity index (χ2v) is 4.72. The third-order valence-electron chi connectivity index (χ3n) is 2.63. The summed E-state index contributed by atoms with van der Waals surface area (Å²) in [6.45, 7) is 1.98. The first-order chi connectivity index (χ1) is 7.59. The number of aliphatic hydroxyl groups excluding tert-OH is 1. The highest BCUT2D eigenvalue weighted by atomic mass is 79.9. The second-order valence-electron chi connectivity index (χ2n) is 3.80. The van der Waals surface area contributed by atoms with E-state index >= 15 is 0 Å². The van der Waals surface area contributed by atoms with E-state index in [9.17, 15) is 5.11 Å². The number of rotatable bonds is 2. The number of aliphatic hydroxyl groups is 1. The minimum Gasteiger partial charge on any atom is -0.380 e. The van der Waals surface area contributed by atoms with Crippen molar-refractivity contribution in [2.24, 2.45) is 7.05 Å². The molecule has 2 aromatic rings. The number of halogens is 1. The zero-order valence-corrected chi connectivity index (χ0v) is 10.8. The summed E-state index contributed by atoms with van der Waals surface area (Å²) >= 11 is 3.41. The molecule has 0 aliphatic heterocycles. The summed E-state index contributed by atoms with van der Waals surface area (Å²) in [6.07, 6.45) is 2.84. The Morgan fingerprint density at radius 2 is 2.19 bits per heavy atom. The standard InChI is InChI=1S/C12H13BrN2O/c1-8-7-9(13)3-4-10(8)11(16)12-14-5-6-15(12)2/h3-7,11,16H,1-2H3. The smallest absolute Gasteiger partial charge is 0.142 e. The number of benzene rings is 1. The Balaban J connectivity index is 2.41. The highest BCUT2D eigenvalue weighted by Gasteiger charge is 2.16. The van der Waals surface area contributed by atoms with Crippen LogP contribution in [0.4, 0.5) is 0 Å². The van der Waals surface area contributed by atoms with Gasteiger partial charge in [-0.3, -0.25) is 0 Å². The van der Waals surface area contributed by atoms with E-state index in [1.54, 1.807) is 6.20 Å². The van der Waals surface area contributed by atoms with E-state index in [0.717, 1.165) is 15.6 Å². The number of aryl methyl sites for hydroxylation is 2. The average Bonchev–Trinajstić information content (AvgIpc) is 2.63. The first-order valence-electron chi connectivity index (χ1n) is 5.01. The second kappa shape index (κ2) is 4.39. The van der Waals surface area contributed by atoms with Crippen molar-refractivity contribution in [3.63, 3.8) is 0 Å². The van der Waals surface area contributed by atoms with Crippen LogP contribution in [0, 0.1) is 6.92 Å². The molecule has 3 nitrogen and oxygen atoms in total. The van der Waals surface area contributed by atoms with Gasteiger partial charge >= 0.3 is 0 Å². The quantitative estimate of drug-likeness (QED) is 0.918. The summed E-state index contributed by atoms with van der Waals surface area (Å²) in [5, 5.41) is 10.2. The normalized spacial score (nSPS) is 12.8. The van der Waals surface area contributed by atoms with Crippen molar-refractivity contribution in [3.05, 3.63) is 52.0 Å². The van der Waals surface area contributed by atoms with E-state index in [0.29, 0.717) is 5.82 Å². The van der Waals surface area contributed by atoms with Crippen LogP contribution in [0.25, 0.3) is 0 Å². The van der Waals surface area contributed by atoms with Crippen molar-refractivity contribution in [1.82, 2.24) is 9.55 Å². The Morgan fingerprint density at radius 3 is 2.75 bits per heavy atom. The van der Waals surface area contributed by atoms with Crippen LogP contribution in [0.1, 0.15) is 23.1 Å². The highest BCUT2D eigenvalue weighted by molar-refractivity contribution is 9.10. The average molecular weight is 281 g/mol. The van der Waals surface area contributed by atoms with Gasteiger partial charge in [-0.05, 0) is 30.2 Å². The lowest BCUT2D eigenvalue weighted by atomic mass is 10.0. The zero-order valence-electron chi connectivity index (χ0n) is 9.18. The molecule has 1 aromatic heterocycles. The SMILES string of the molecule is Cc1cc(Br)ccc1C(O)c1nccn1C.